The highest BCUT2D eigenvalue weighted by atomic mass is 16.6. The Morgan fingerprint density at radius 2 is 2.06 bits per heavy atom. The summed E-state index contributed by atoms with van der Waals surface area (Å²) in [5.74, 6) is 0.909. The van der Waals surface area contributed by atoms with Crippen LogP contribution in [0.1, 0.15) is 75.7 Å². The summed E-state index contributed by atoms with van der Waals surface area (Å²) in [5.41, 5.74) is 3.00. The quantitative estimate of drug-likeness (QED) is 0.779. The number of amides is 1. The summed E-state index contributed by atoms with van der Waals surface area (Å²) in [5, 5.41) is 19.3. The molecule has 5 rings (SSSR count). The number of aliphatic hydroxyl groups is 1. The number of nitrogens with one attached hydrogen (secondary N) is 1. The summed E-state index contributed by atoms with van der Waals surface area (Å²) < 4.78 is 7.94. The SMILES string of the molecule is CC(C)(C)OC(=O)N1CCNCC1c1cccc2c1c(C1CC1)nn2C1CC(CO)C1. The maximum absolute atomic E-state index is 13.0. The molecular formula is C24H34N4O3. The van der Waals surface area contributed by atoms with Crippen molar-refractivity contribution in [2.45, 2.75) is 70.1 Å². The number of nitrogens with zero attached hydrogens (tertiary/aromatic N) is 3. The molecule has 7 nitrogen and oxygen atoms in total. The highest BCUT2D eigenvalue weighted by Crippen LogP contribution is 2.47. The molecule has 3 fully saturated rings. The molecule has 1 atom stereocenters. The molecule has 1 saturated heterocycles. The van der Waals surface area contributed by atoms with Crippen LogP contribution in [0.3, 0.4) is 0 Å². The van der Waals surface area contributed by atoms with Crippen LogP contribution < -0.4 is 5.32 Å². The van der Waals surface area contributed by atoms with Gasteiger partial charge in [0.25, 0.3) is 0 Å². The summed E-state index contributed by atoms with van der Waals surface area (Å²) in [7, 11) is 0. The van der Waals surface area contributed by atoms with E-state index in [-0.39, 0.29) is 18.7 Å². The molecule has 3 aliphatic rings. The normalized spacial score (nSPS) is 26.7. The molecule has 1 aromatic carbocycles. The molecule has 2 N–H and O–H groups in total. The van der Waals surface area contributed by atoms with Crippen molar-refractivity contribution in [2.24, 2.45) is 5.92 Å². The van der Waals surface area contributed by atoms with Gasteiger partial charge in [-0.3, -0.25) is 9.58 Å². The smallest absolute Gasteiger partial charge is 0.410 e. The largest absolute Gasteiger partial charge is 0.444 e. The lowest BCUT2D eigenvalue weighted by atomic mass is 9.81. The van der Waals surface area contributed by atoms with Crippen LogP contribution in [0.2, 0.25) is 0 Å². The van der Waals surface area contributed by atoms with E-state index in [1.165, 1.54) is 29.5 Å². The second-order valence-electron chi connectivity index (χ2n) is 10.4. The van der Waals surface area contributed by atoms with Crippen LogP contribution in [0.15, 0.2) is 18.2 Å². The maximum atomic E-state index is 13.0. The van der Waals surface area contributed by atoms with E-state index in [9.17, 15) is 9.90 Å². The standard InChI is InChI=1S/C24H34N4O3/c1-24(2,3)31-23(30)27-10-9-25-13-20(27)18-5-4-6-19-21(18)22(16-7-8-16)26-28(19)17-11-15(12-17)14-29/h4-6,15-17,20,25,29H,7-14H2,1-3H3. The molecule has 0 radical (unpaired) electrons. The maximum Gasteiger partial charge on any atom is 0.410 e. The van der Waals surface area contributed by atoms with Gasteiger partial charge < -0.3 is 15.2 Å². The van der Waals surface area contributed by atoms with E-state index < -0.39 is 5.60 Å². The summed E-state index contributed by atoms with van der Waals surface area (Å²) in [6, 6.07) is 6.70. The number of carbonyl (C=O) groups excluding carboxylic acids is 1. The Balaban J connectivity index is 1.54. The van der Waals surface area contributed by atoms with Crippen molar-refractivity contribution in [2.75, 3.05) is 26.2 Å². The average Bonchev–Trinajstić information content (AvgIpc) is 3.47. The van der Waals surface area contributed by atoms with E-state index in [1.54, 1.807) is 0 Å². The third-order valence-electron chi connectivity index (χ3n) is 6.80. The minimum absolute atomic E-state index is 0.0750. The number of piperazine rings is 1. The Kier molecular flexibility index (Phi) is 5.21. The first-order valence-corrected chi connectivity index (χ1v) is 11.7. The number of ether oxygens (including phenoxy) is 1. The zero-order valence-corrected chi connectivity index (χ0v) is 18.8. The molecule has 1 unspecified atom stereocenters. The molecule has 0 bridgehead atoms. The van der Waals surface area contributed by atoms with Crippen LogP contribution in [0, 0.1) is 5.92 Å². The van der Waals surface area contributed by atoms with Gasteiger partial charge in [-0.25, -0.2) is 4.79 Å². The number of rotatable bonds is 4. The number of aromatic nitrogens is 2. The number of hydrogen-bond acceptors (Lipinski definition) is 5. The Hall–Kier alpha value is -2.12. The lowest BCUT2D eigenvalue weighted by molar-refractivity contribution is 0.0119. The van der Waals surface area contributed by atoms with Gasteiger partial charge in [0.2, 0.25) is 0 Å². The summed E-state index contributed by atoms with van der Waals surface area (Å²) in [6.45, 7) is 8.11. The van der Waals surface area contributed by atoms with Crippen LogP contribution >= 0.6 is 0 Å². The minimum atomic E-state index is -0.518. The van der Waals surface area contributed by atoms with Gasteiger partial charge in [-0.2, -0.15) is 5.10 Å². The van der Waals surface area contributed by atoms with Crippen molar-refractivity contribution >= 4 is 17.0 Å². The van der Waals surface area contributed by atoms with Crippen molar-refractivity contribution in [3.8, 4) is 0 Å². The fraction of sp³-hybridized carbons (Fsp3) is 0.667. The van der Waals surface area contributed by atoms with Crippen LogP contribution in [-0.4, -0.2) is 57.7 Å². The Labute approximate surface area is 183 Å². The monoisotopic (exact) mass is 426 g/mol. The van der Waals surface area contributed by atoms with Gasteiger partial charge in [-0.15, -0.1) is 0 Å². The van der Waals surface area contributed by atoms with Gasteiger partial charge in [0.1, 0.15) is 5.60 Å². The van der Waals surface area contributed by atoms with Crippen LogP contribution in [0.4, 0.5) is 4.79 Å². The van der Waals surface area contributed by atoms with E-state index in [0.717, 1.165) is 24.9 Å². The molecule has 2 heterocycles. The number of fused-ring (bicyclic) bond motifs is 1. The summed E-state index contributed by atoms with van der Waals surface area (Å²) in [6.07, 6.45) is 4.08. The van der Waals surface area contributed by atoms with E-state index in [0.29, 0.717) is 31.0 Å². The van der Waals surface area contributed by atoms with Crippen molar-refractivity contribution < 1.29 is 14.6 Å². The van der Waals surface area contributed by atoms with E-state index >= 15 is 0 Å². The summed E-state index contributed by atoms with van der Waals surface area (Å²) in [4.78, 5) is 14.9. The Bertz CT molecular complexity index is 969. The van der Waals surface area contributed by atoms with Gasteiger partial charge in [0.15, 0.2) is 0 Å². The second kappa shape index (κ2) is 7.78. The lowest BCUT2D eigenvalue weighted by Crippen LogP contribution is -2.50. The molecule has 1 aromatic heterocycles. The van der Waals surface area contributed by atoms with Gasteiger partial charge in [-0.1, -0.05) is 12.1 Å². The van der Waals surface area contributed by atoms with E-state index in [4.69, 9.17) is 9.84 Å². The first-order valence-electron chi connectivity index (χ1n) is 11.7. The minimum Gasteiger partial charge on any atom is -0.444 e. The van der Waals surface area contributed by atoms with Crippen LogP contribution in [0.25, 0.3) is 10.9 Å². The summed E-state index contributed by atoms with van der Waals surface area (Å²) >= 11 is 0. The molecule has 168 valence electrons. The number of hydrogen-bond donors (Lipinski definition) is 2. The van der Waals surface area contributed by atoms with Gasteiger partial charge in [0.05, 0.1) is 23.3 Å². The van der Waals surface area contributed by atoms with Gasteiger partial charge in [0, 0.05) is 37.5 Å². The van der Waals surface area contributed by atoms with Gasteiger partial charge in [-0.05, 0) is 64.0 Å². The molecule has 7 heteroatoms. The Morgan fingerprint density at radius 3 is 2.74 bits per heavy atom. The Morgan fingerprint density at radius 1 is 1.29 bits per heavy atom. The second-order valence-corrected chi connectivity index (χ2v) is 10.4. The first kappa shape index (κ1) is 20.8. The molecule has 1 amide bonds. The van der Waals surface area contributed by atoms with Gasteiger partial charge >= 0.3 is 6.09 Å². The molecule has 2 aliphatic carbocycles. The van der Waals surface area contributed by atoms with Crippen LogP contribution in [0.5, 0.6) is 0 Å². The zero-order valence-electron chi connectivity index (χ0n) is 18.8. The topological polar surface area (TPSA) is 79.6 Å². The highest BCUT2D eigenvalue weighted by molar-refractivity contribution is 5.87. The molecule has 2 saturated carbocycles. The van der Waals surface area contributed by atoms with Crippen LogP contribution in [-0.2, 0) is 4.74 Å². The lowest BCUT2D eigenvalue weighted by Gasteiger charge is -2.38. The number of aliphatic hydroxyl groups excluding tert-OH is 1. The fourth-order valence-electron chi connectivity index (χ4n) is 5.02. The van der Waals surface area contributed by atoms with Crippen molar-refractivity contribution in [1.29, 1.82) is 0 Å². The van der Waals surface area contributed by atoms with Crippen molar-refractivity contribution in [1.82, 2.24) is 20.0 Å². The number of carbonyl (C=O) groups is 1. The highest BCUT2D eigenvalue weighted by Gasteiger charge is 2.38. The predicted octanol–water partition coefficient (Wildman–Crippen LogP) is 3.74. The first-order chi connectivity index (χ1) is 14.9. The number of benzene rings is 1. The third kappa shape index (κ3) is 3.94. The molecule has 1 aliphatic heterocycles. The zero-order chi connectivity index (χ0) is 21.8. The molecular weight excluding hydrogens is 392 g/mol. The fourth-order valence-corrected chi connectivity index (χ4v) is 5.02. The molecule has 2 aromatic rings. The molecule has 31 heavy (non-hydrogen) atoms. The van der Waals surface area contributed by atoms with E-state index in [1.807, 2.05) is 25.7 Å². The third-order valence-corrected chi connectivity index (χ3v) is 6.80. The van der Waals surface area contributed by atoms with Crippen molar-refractivity contribution in [3.05, 3.63) is 29.5 Å². The van der Waals surface area contributed by atoms with E-state index in [2.05, 4.69) is 28.2 Å². The van der Waals surface area contributed by atoms with Crippen molar-refractivity contribution in [3.63, 3.8) is 0 Å². The average molecular weight is 427 g/mol. The molecule has 0 spiro atoms. The predicted molar refractivity (Wildman–Crippen MR) is 119 cm³/mol.